The van der Waals surface area contributed by atoms with Crippen molar-refractivity contribution in [3.05, 3.63) is 47.1 Å². The van der Waals surface area contributed by atoms with E-state index in [2.05, 4.69) is 25.7 Å². The first-order chi connectivity index (χ1) is 13.3. The number of hydrogen-bond acceptors (Lipinski definition) is 5. The molecule has 3 rings (SSSR count). The maximum Gasteiger partial charge on any atom is 0.261 e. The molecular weight excluding hydrogens is 360 g/mol. The number of benzene rings is 1. The summed E-state index contributed by atoms with van der Waals surface area (Å²) in [6, 6.07) is 7.09. The van der Waals surface area contributed by atoms with E-state index in [1.165, 1.54) is 17.2 Å². The topological polar surface area (TPSA) is 122 Å². The standard InChI is InChI=1S/C19H22N6O3/c1-19(2,3)18(28)20-9-8-15(26)24-13-6-4-5-7-14(13)25-16-12(10-23-25)17(27)22-11-21-16/h4-7,10-11H,8-9H2,1-3H3,(H,20,28)(H,24,26)(H,21,22,27). The van der Waals surface area contributed by atoms with Crippen LogP contribution in [0.25, 0.3) is 16.7 Å². The molecule has 28 heavy (non-hydrogen) atoms. The largest absolute Gasteiger partial charge is 0.355 e. The first-order valence-electron chi connectivity index (χ1n) is 8.86. The van der Waals surface area contributed by atoms with E-state index in [1.807, 2.05) is 20.8 Å². The van der Waals surface area contributed by atoms with Crippen LogP contribution in [0, 0.1) is 5.41 Å². The molecule has 0 spiro atoms. The Morgan fingerprint density at radius 2 is 1.96 bits per heavy atom. The van der Waals surface area contributed by atoms with Gasteiger partial charge in [0.25, 0.3) is 5.56 Å². The highest BCUT2D eigenvalue weighted by Gasteiger charge is 2.20. The first-order valence-corrected chi connectivity index (χ1v) is 8.86. The Labute approximate surface area is 161 Å². The van der Waals surface area contributed by atoms with Crippen molar-refractivity contribution < 1.29 is 9.59 Å². The zero-order chi connectivity index (χ0) is 20.3. The van der Waals surface area contributed by atoms with Crippen molar-refractivity contribution in [3.63, 3.8) is 0 Å². The molecule has 9 nitrogen and oxygen atoms in total. The van der Waals surface area contributed by atoms with Crippen LogP contribution in [0.15, 0.2) is 41.6 Å². The molecule has 2 amide bonds. The third kappa shape index (κ3) is 4.08. The maximum atomic E-state index is 12.3. The highest BCUT2D eigenvalue weighted by Crippen LogP contribution is 2.22. The number of aromatic amines is 1. The second-order valence-corrected chi connectivity index (χ2v) is 7.35. The number of nitrogens with one attached hydrogen (secondary N) is 3. The van der Waals surface area contributed by atoms with Crippen LogP contribution in [0.5, 0.6) is 0 Å². The first kappa shape index (κ1) is 19.3. The van der Waals surface area contributed by atoms with E-state index in [9.17, 15) is 14.4 Å². The van der Waals surface area contributed by atoms with E-state index < -0.39 is 5.41 Å². The summed E-state index contributed by atoms with van der Waals surface area (Å²) in [7, 11) is 0. The van der Waals surface area contributed by atoms with Gasteiger partial charge in [0, 0.05) is 18.4 Å². The fraction of sp³-hybridized carbons (Fsp3) is 0.316. The lowest BCUT2D eigenvalue weighted by Crippen LogP contribution is -2.36. The number of amides is 2. The van der Waals surface area contributed by atoms with E-state index in [1.54, 1.807) is 24.3 Å². The lowest BCUT2D eigenvalue weighted by molar-refractivity contribution is -0.128. The van der Waals surface area contributed by atoms with Gasteiger partial charge in [-0.05, 0) is 12.1 Å². The third-order valence-corrected chi connectivity index (χ3v) is 4.10. The summed E-state index contributed by atoms with van der Waals surface area (Å²) >= 11 is 0. The lowest BCUT2D eigenvalue weighted by Gasteiger charge is -2.17. The normalized spacial score (nSPS) is 11.4. The summed E-state index contributed by atoms with van der Waals surface area (Å²) in [4.78, 5) is 42.8. The van der Waals surface area contributed by atoms with Gasteiger partial charge >= 0.3 is 0 Å². The monoisotopic (exact) mass is 382 g/mol. The Morgan fingerprint density at radius 3 is 2.71 bits per heavy atom. The summed E-state index contributed by atoms with van der Waals surface area (Å²) in [5, 5.41) is 10.2. The number of rotatable bonds is 5. The minimum atomic E-state index is -0.505. The highest BCUT2D eigenvalue weighted by atomic mass is 16.2. The Morgan fingerprint density at radius 1 is 1.21 bits per heavy atom. The molecule has 0 fully saturated rings. The highest BCUT2D eigenvalue weighted by molar-refractivity contribution is 5.93. The number of H-pyrrole nitrogens is 1. The second-order valence-electron chi connectivity index (χ2n) is 7.35. The van der Waals surface area contributed by atoms with Gasteiger partial charge in [-0.1, -0.05) is 32.9 Å². The molecule has 0 saturated carbocycles. The van der Waals surface area contributed by atoms with Crippen molar-refractivity contribution >= 4 is 28.5 Å². The van der Waals surface area contributed by atoms with E-state index in [4.69, 9.17) is 0 Å². The van der Waals surface area contributed by atoms with E-state index >= 15 is 0 Å². The Balaban J connectivity index is 1.76. The van der Waals surface area contributed by atoms with Gasteiger partial charge in [-0.2, -0.15) is 5.10 Å². The molecule has 2 heterocycles. The van der Waals surface area contributed by atoms with Gasteiger partial charge in [0.15, 0.2) is 5.65 Å². The predicted octanol–water partition coefficient (Wildman–Crippen LogP) is 1.60. The SMILES string of the molecule is CC(C)(C)C(=O)NCCC(=O)Nc1ccccc1-n1ncc2c(=O)[nH]cnc21. The van der Waals surface area contributed by atoms with Gasteiger partial charge in [-0.25, -0.2) is 9.67 Å². The van der Waals surface area contributed by atoms with Gasteiger partial charge in [0.2, 0.25) is 11.8 Å². The van der Waals surface area contributed by atoms with E-state index in [0.717, 1.165) is 0 Å². The quantitative estimate of drug-likeness (QED) is 0.619. The summed E-state index contributed by atoms with van der Waals surface area (Å²) in [6.07, 6.45) is 2.87. The van der Waals surface area contributed by atoms with Crippen LogP contribution in [0.1, 0.15) is 27.2 Å². The summed E-state index contributed by atoms with van der Waals surface area (Å²) in [6.45, 7) is 5.68. The van der Waals surface area contributed by atoms with Crippen LogP contribution in [-0.4, -0.2) is 38.1 Å². The third-order valence-electron chi connectivity index (χ3n) is 4.10. The molecule has 0 bridgehead atoms. The van der Waals surface area contributed by atoms with Crippen molar-refractivity contribution in [2.75, 3.05) is 11.9 Å². The van der Waals surface area contributed by atoms with Gasteiger partial charge < -0.3 is 15.6 Å². The predicted molar refractivity (Wildman–Crippen MR) is 105 cm³/mol. The molecule has 0 aliphatic carbocycles. The molecule has 0 saturated heterocycles. The number of nitrogens with zero attached hydrogens (tertiary/aromatic N) is 3. The minimum Gasteiger partial charge on any atom is -0.355 e. The number of aromatic nitrogens is 4. The zero-order valence-corrected chi connectivity index (χ0v) is 15.9. The Hall–Kier alpha value is -3.49. The summed E-state index contributed by atoms with van der Waals surface area (Å²) < 4.78 is 1.50. The molecule has 2 aromatic heterocycles. The Bertz CT molecular complexity index is 1080. The molecule has 0 radical (unpaired) electrons. The molecule has 0 aliphatic heterocycles. The average molecular weight is 382 g/mol. The van der Waals surface area contributed by atoms with Gasteiger partial charge in [0.1, 0.15) is 5.39 Å². The van der Waals surface area contributed by atoms with Crippen molar-refractivity contribution in [3.8, 4) is 5.69 Å². The van der Waals surface area contributed by atoms with Crippen LogP contribution < -0.4 is 16.2 Å². The fourth-order valence-corrected chi connectivity index (χ4v) is 2.56. The molecule has 1 aromatic carbocycles. The zero-order valence-electron chi connectivity index (χ0n) is 15.9. The second kappa shape index (κ2) is 7.63. The lowest BCUT2D eigenvalue weighted by atomic mass is 9.96. The van der Waals surface area contributed by atoms with E-state index in [0.29, 0.717) is 22.4 Å². The van der Waals surface area contributed by atoms with Crippen molar-refractivity contribution in [1.29, 1.82) is 0 Å². The number of para-hydroxylation sites is 2. The number of carbonyl (C=O) groups is 2. The minimum absolute atomic E-state index is 0.111. The van der Waals surface area contributed by atoms with Crippen molar-refractivity contribution in [2.45, 2.75) is 27.2 Å². The molecule has 3 aromatic rings. The molecule has 146 valence electrons. The van der Waals surface area contributed by atoms with Crippen LogP contribution in [0.2, 0.25) is 0 Å². The Kier molecular flexibility index (Phi) is 5.25. The number of carbonyl (C=O) groups excluding carboxylic acids is 2. The molecule has 9 heteroatoms. The summed E-state index contributed by atoms with van der Waals surface area (Å²) in [5.41, 5.74) is 0.717. The fourth-order valence-electron chi connectivity index (χ4n) is 2.56. The molecular formula is C19H22N6O3. The van der Waals surface area contributed by atoms with Crippen LogP contribution in [-0.2, 0) is 9.59 Å². The van der Waals surface area contributed by atoms with Crippen LogP contribution in [0.4, 0.5) is 5.69 Å². The number of hydrogen-bond donors (Lipinski definition) is 3. The van der Waals surface area contributed by atoms with Crippen molar-refractivity contribution in [2.24, 2.45) is 5.41 Å². The van der Waals surface area contributed by atoms with Crippen molar-refractivity contribution in [1.82, 2.24) is 25.1 Å². The number of fused-ring (bicyclic) bond motifs is 1. The average Bonchev–Trinajstić information content (AvgIpc) is 3.06. The van der Waals surface area contributed by atoms with E-state index in [-0.39, 0.29) is 30.3 Å². The molecule has 0 aliphatic rings. The van der Waals surface area contributed by atoms with Gasteiger partial charge in [-0.3, -0.25) is 14.4 Å². The van der Waals surface area contributed by atoms with Crippen LogP contribution in [0.3, 0.4) is 0 Å². The maximum absolute atomic E-state index is 12.3. The van der Waals surface area contributed by atoms with Crippen LogP contribution >= 0.6 is 0 Å². The molecule has 0 atom stereocenters. The van der Waals surface area contributed by atoms with Gasteiger partial charge in [-0.15, -0.1) is 0 Å². The molecule has 3 N–H and O–H groups in total. The summed E-state index contributed by atoms with van der Waals surface area (Å²) in [5.74, 6) is -0.357. The molecule has 0 unspecified atom stereocenters. The smallest absolute Gasteiger partial charge is 0.261 e. The number of anilines is 1. The van der Waals surface area contributed by atoms with Gasteiger partial charge in [0.05, 0.1) is 23.9 Å².